The van der Waals surface area contributed by atoms with E-state index in [0.29, 0.717) is 22.6 Å². The van der Waals surface area contributed by atoms with Gasteiger partial charge in [0.25, 0.3) is 5.91 Å². The average Bonchev–Trinajstić information content (AvgIpc) is 3.39. The molecule has 0 radical (unpaired) electrons. The summed E-state index contributed by atoms with van der Waals surface area (Å²) in [6.45, 7) is 8.09. The molecule has 3 aliphatic rings. The smallest absolute Gasteiger partial charge is 0.324 e. The van der Waals surface area contributed by atoms with Crippen LogP contribution in [-0.4, -0.2) is 52.7 Å². The monoisotopic (exact) mass is 550 g/mol. The number of benzene rings is 2. The van der Waals surface area contributed by atoms with Gasteiger partial charge in [0.15, 0.2) is 6.17 Å². The summed E-state index contributed by atoms with van der Waals surface area (Å²) >= 11 is 0. The molecule has 0 saturated heterocycles. The number of nitrogens with zero attached hydrogens (tertiary/aromatic N) is 4. The number of fused-ring (bicyclic) bond motifs is 2. The molecule has 10 nitrogen and oxygen atoms in total. The van der Waals surface area contributed by atoms with Crippen LogP contribution in [-0.2, 0) is 23.2 Å². The lowest BCUT2D eigenvalue weighted by atomic mass is 9.92. The number of urea groups is 1. The number of likely N-dealkylation sites (N-methyl/N-ethyl adjacent to an activating group) is 1. The Hall–Kier alpha value is -4.70. The number of hydrogen-bond donors (Lipinski definition) is 4. The maximum Gasteiger partial charge on any atom is 0.324 e. The third-order valence-corrected chi connectivity index (χ3v) is 7.54. The van der Waals surface area contributed by atoms with Crippen LogP contribution in [0.25, 0.3) is 11.3 Å². The summed E-state index contributed by atoms with van der Waals surface area (Å²) in [5, 5.41) is 17.2. The fraction of sp³-hybridized carbons (Fsp3) is 0.290. The number of aromatic nitrogens is 2. The van der Waals surface area contributed by atoms with Gasteiger partial charge in [-0.15, -0.1) is 0 Å². The van der Waals surface area contributed by atoms with Crippen LogP contribution in [0.2, 0.25) is 0 Å². The van der Waals surface area contributed by atoms with Gasteiger partial charge >= 0.3 is 6.03 Å². The molecule has 0 spiro atoms. The zero-order valence-electron chi connectivity index (χ0n) is 23.7. The van der Waals surface area contributed by atoms with Crippen molar-refractivity contribution in [2.45, 2.75) is 45.3 Å². The van der Waals surface area contributed by atoms with Crippen LogP contribution in [0.4, 0.5) is 16.3 Å². The first kappa shape index (κ1) is 26.5. The highest BCUT2D eigenvalue weighted by molar-refractivity contribution is 6.21. The van der Waals surface area contributed by atoms with E-state index in [9.17, 15) is 9.59 Å². The summed E-state index contributed by atoms with van der Waals surface area (Å²) in [5.74, 6) is 0.444. The highest BCUT2D eigenvalue weighted by Gasteiger charge is 2.31. The number of aliphatic imine (C=N–C) groups is 1. The van der Waals surface area contributed by atoms with Gasteiger partial charge in [-0.3, -0.25) is 10.1 Å². The highest BCUT2D eigenvalue weighted by atomic mass is 16.2. The molecule has 0 bridgehead atoms. The van der Waals surface area contributed by atoms with Crippen molar-refractivity contribution in [3.05, 3.63) is 88.8 Å². The number of amides is 3. The number of hydrogen-bond acceptors (Lipinski definition) is 6. The summed E-state index contributed by atoms with van der Waals surface area (Å²) in [4.78, 5) is 32.3. The molecule has 41 heavy (non-hydrogen) atoms. The summed E-state index contributed by atoms with van der Waals surface area (Å²) in [6, 6.07) is 15.1. The molecule has 0 fully saturated rings. The molecular formula is C31H34N8O2. The van der Waals surface area contributed by atoms with E-state index in [1.165, 1.54) is 11.1 Å². The Morgan fingerprint density at radius 1 is 1.07 bits per heavy atom. The molecule has 2 aromatic carbocycles. The van der Waals surface area contributed by atoms with Crippen molar-refractivity contribution >= 4 is 35.4 Å². The quantitative estimate of drug-likeness (QED) is 0.390. The van der Waals surface area contributed by atoms with E-state index >= 15 is 0 Å². The fourth-order valence-electron chi connectivity index (χ4n) is 5.26. The summed E-state index contributed by atoms with van der Waals surface area (Å²) in [6.07, 6.45) is 5.88. The highest BCUT2D eigenvalue weighted by Crippen LogP contribution is 2.31. The van der Waals surface area contributed by atoms with Gasteiger partial charge in [0, 0.05) is 48.1 Å². The topological polar surface area (TPSA) is 116 Å². The Balaban J connectivity index is 1.25. The van der Waals surface area contributed by atoms with E-state index in [2.05, 4.69) is 59.2 Å². The van der Waals surface area contributed by atoms with E-state index in [-0.39, 0.29) is 17.5 Å². The second-order valence-corrected chi connectivity index (χ2v) is 11.6. The van der Waals surface area contributed by atoms with Crippen LogP contribution < -0.4 is 21.3 Å². The van der Waals surface area contributed by atoms with E-state index in [1.807, 2.05) is 36.5 Å². The number of rotatable bonds is 4. The lowest BCUT2D eigenvalue weighted by molar-refractivity contribution is -0.125. The Morgan fingerprint density at radius 2 is 1.93 bits per heavy atom. The molecule has 3 aliphatic heterocycles. The maximum absolute atomic E-state index is 13.3. The van der Waals surface area contributed by atoms with Crippen LogP contribution in [0.5, 0.6) is 0 Å². The SMILES string of the molecule is CN1C(=O)C(c2cccc(NC(=O)Nc3cc(C(C)(C)C)nn3-c3ccc4c(c3)CCNC4)c2)=CC2=CNC=NC21. The molecule has 210 valence electrons. The van der Waals surface area contributed by atoms with Crippen LogP contribution in [0.3, 0.4) is 0 Å². The molecule has 4 N–H and O–H groups in total. The van der Waals surface area contributed by atoms with Gasteiger partial charge in [-0.2, -0.15) is 5.10 Å². The predicted molar refractivity (Wildman–Crippen MR) is 161 cm³/mol. The van der Waals surface area contributed by atoms with E-state index in [1.54, 1.807) is 35.1 Å². The lowest BCUT2D eigenvalue weighted by Gasteiger charge is -2.32. The number of anilines is 2. The summed E-state index contributed by atoms with van der Waals surface area (Å²) in [7, 11) is 1.74. The van der Waals surface area contributed by atoms with E-state index in [0.717, 1.165) is 36.5 Å². The molecule has 1 aromatic heterocycles. The van der Waals surface area contributed by atoms with Crippen molar-refractivity contribution in [3.63, 3.8) is 0 Å². The zero-order valence-corrected chi connectivity index (χ0v) is 23.7. The van der Waals surface area contributed by atoms with Gasteiger partial charge < -0.3 is 20.9 Å². The van der Waals surface area contributed by atoms with Gasteiger partial charge in [-0.05, 0) is 60.0 Å². The third-order valence-electron chi connectivity index (χ3n) is 7.54. The van der Waals surface area contributed by atoms with Crippen molar-refractivity contribution in [1.29, 1.82) is 0 Å². The molecule has 0 saturated carbocycles. The van der Waals surface area contributed by atoms with E-state index in [4.69, 9.17) is 5.10 Å². The minimum absolute atomic E-state index is 0.132. The van der Waals surface area contributed by atoms with Crippen LogP contribution >= 0.6 is 0 Å². The fourth-order valence-corrected chi connectivity index (χ4v) is 5.26. The maximum atomic E-state index is 13.3. The molecule has 3 amide bonds. The summed E-state index contributed by atoms with van der Waals surface area (Å²) in [5.41, 5.74) is 6.84. The van der Waals surface area contributed by atoms with Gasteiger partial charge in [-0.25, -0.2) is 14.5 Å². The Kier molecular flexibility index (Phi) is 6.70. The standard InChI is InChI=1S/C31H34N8O2/c1-31(2,3)26-15-27(39(37-26)24-9-8-21-16-32-11-10-19(21)13-24)36-30(41)35-23-7-5-6-20(12-23)25-14-22-17-33-18-34-28(22)38(4)29(25)40/h5-9,12-15,17-18,28,32H,10-11,16H2,1-4H3,(H,33,34)(H2,35,36,41). The van der Waals surface area contributed by atoms with Crippen molar-refractivity contribution in [1.82, 2.24) is 25.3 Å². The first-order chi connectivity index (χ1) is 19.7. The Morgan fingerprint density at radius 3 is 2.76 bits per heavy atom. The third kappa shape index (κ3) is 5.26. The van der Waals surface area contributed by atoms with Crippen molar-refractivity contribution in [2.75, 3.05) is 24.2 Å². The van der Waals surface area contributed by atoms with E-state index < -0.39 is 6.03 Å². The van der Waals surface area contributed by atoms with Gasteiger partial charge in [0.05, 0.1) is 17.7 Å². The molecule has 3 aromatic rings. The molecule has 1 atom stereocenters. The molecule has 6 rings (SSSR count). The zero-order chi connectivity index (χ0) is 28.7. The van der Waals surface area contributed by atoms with Gasteiger partial charge in [0.2, 0.25) is 0 Å². The van der Waals surface area contributed by atoms with Crippen molar-refractivity contribution in [3.8, 4) is 5.69 Å². The first-order valence-corrected chi connectivity index (χ1v) is 13.8. The second-order valence-electron chi connectivity index (χ2n) is 11.6. The van der Waals surface area contributed by atoms with Crippen LogP contribution in [0, 0.1) is 0 Å². The van der Waals surface area contributed by atoms with Crippen molar-refractivity contribution in [2.24, 2.45) is 4.99 Å². The second kappa shape index (κ2) is 10.4. The predicted octanol–water partition coefficient (Wildman–Crippen LogP) is 4.16. The molecule has 0 aliphatic carbocycles. The molecule has 1 unspecified atom stereocenters. The van der Waals surface area contributed by atoms with Crippen LogP contribution in [0.15, 0.2) is 71.4 Å². The minimum atomic E-state index is -0.402. The molecule has 4 heterocycles. The summed E-state index contributed by atoms with van der Waals surface area (Å²) < 4.78 is 1.80. The molecular weight excluding hydrogens is 516 g/mol. The number of carbonyl (C=O) groups is 2. The minimum Gasteiger partial charge on any atom is -0.353 e. The number of nitrogens with one attached hydrogen (secondary N) is 4. The Bertz CT molecular complexity index is 1620. The lowest BCUT2D eigenvalue weighted by Crippen LogP contribution is -2.42. The van der Waals surface area contributed by atoms with Gasteiger partial charge in [0.1, 0.15) is 5.82 Å². The average molecular weight is 551 g/mol. The number of carbonyl (C=O) groups excluding carboxylic acids is 2. The largest absolute Gasteiger partial charge is 0.353 e. The van der Waals surface area contributed by atoms with Crippen molar-refractivity contribution < 1.29 is 9.59 Å². The normalized spacial score (nSPS) is 18.1. The van der Waals surface area contributed by atoms with Gasteiger partial charge in [-0.1, -0.05) is 39.0 Å². The Labute approximate surface area is 239 Å². The first-order valence-electron chi connectivity index (χ1n) is 13.8. The molecule has 10 heteroatoms. The van der Waals surface area contributed by atoms with Crippen LogP contribution in [0.1, 0.15) is 43.2 Å².